The maximum Gasteiger partial charge on any atom is 0.150 e. The van der Waals surface area contributed by atoms with Crippen LogP contribution in [0.5, 0.6) is 0 Å². The summed E-state index contributed by atoms with van der Waals surface area (Å²) in [6.45, 7) is 0.381. The van der Waals surface area contributed by atoms with E-state index in [0.717, 1.165) is 17.2 Å². The maximum absolute atomic E-state index is 13.4. The molecule has 102 valence electrons. The molecule has 0 aliphatic heterocycles. The first kappa shape index (κ1) is 13.1. The summed E-state index contributed by atoms with van der Waals surface area (Å²) < 4.78 is 15.3. The van der Waals surface area contributed by atoms with Gasteiger partial charge in [-0.2, -0.15) is 5.26 Å². The monoisotopic (exact) mass is 278 g/mol. The van der Waals surface area contributed by atoms with E-state index in [1.807, 2.05) is 22.9 Å². The number of aldehydes is 1. The molecule has 0 amide bonds. The van der Waals surface area contributed by atoms with E-state index in [0.29, 0.717) is 23.2 Å². The van der Waals surface area contributed by atoms with Crippen molar-refractivity contribution in [1.82, 2.24) is 4.57 Å². The van der Waals surface area contributed by atoms with E-state index in [9.17, 15) is 9.18 Å². The number of carbonyl (C=O) groups is 1. The molecule has 21 heavy (non-hydrogen) atoms. The smallest absolute Gasteiger partial charge is 0.150 e. The fraction of sp³-hybridized carbons (Fsp3) is 0.0588. The van der Waals surface area contributed by atoms with E-state index >= 15 is 0 Å². The van der Waals surface area contributed by atoms with E-state index in [2.05, 4.69) is 6.07 Å². The predicted molar refractivity (Wildman–Crippen MR) is 77.5 cm³/mol. The molecule has 3 rings (SSSR count). The highest BCUT2D eigenvalue weighted by molar-refractivity contribution is 5.97. The zero-order valence-electron chi connectivity index (χ0n) is 11.1. The topological polar surface area (TPSA) is 45.8 Å². The lowest BCUT2D eigenvalue weighted by Crippen LogP contribution is -2.01. The van der Waals surface area contributed by atoms with Gasteiger partial charge in [0.05, 0.1) is 11.6 Å². The van der Waals surface area contributed by atoms with Crippen molar-refractivity contribution >= 4 is 17.2 Å². The molecule has 3 nitrogen and oxygen atoms in total. The van der Waals surface area contributed by atoms with Crippen LogP contribution in [-0.4, -0.2) is 10.9 Å². The zero-order chi connectivity index (χ0) is 14.8. The molecule has 1 aromatic heterocycles. The molecular formula is C17H11FN2O. The Labute approximate surface area is 120 Å². The van der Waals surface area contributed by atoms with Crippen LogP contribution in [-0.2, 0) is 6.54 Å². The molecule has 2 aromatic carbocycles. The van der Waals surface area contributed by atoms with Crippen LogP contribution in [0.15, 0.2) is 48.7 Å². The Kier molecular flexibility index (Phi) is 3.25. The molecule has 0 saturated heterocycles. The molecule has 0 radical (unpaired) electrons. The summed E-state index contributed by atoms with van der Waals surface area (Å²) >= 11 is 0. The van der Waals surface area contributed by atoms with Crippen LogP contribution in [0.25, 0.3) is 10.9 Å². The number of fused-ring (bicyclic) bond motifs is 1. The Bertz CT molecular complexity index is 874. The summed E-state index contributed by atoms with van der Waals surface area (Å²) in [4.78, 5) is 11.0. The second-order valence-electron chi connectivity index (χ2n) is 4.75. The fourth-order valence-corrected chi connectivity index (χ4v) is 2.47. The van der Waals surface area contributed by atoms with Crippen molar-refractivity contribution < 1.29 is 9.18 Å². The van der Waals surface area contributed by atoms with Gasteiger partial charge in [0.2, 0.25) is 0 Å². The minimum absolute atomic E-state index is 0.367. The van der Waals surface area contributed by atoms with Gasteiger partial charge in [0.15, 0.2) is 6.29 Å². The molecule has 0 saturated carbocycles. The minimum atomic E-state index is -0.367. The van der Waals surface area contributed by atoms with Crippen LogP contribution in [0.2, 0.25) is 0 Å². The predicted octanol–water partition coefficient (Wildman–Crippen LogP) is 3.51. The van der Waals surface area contributed by atoms with Crippen LogP contribution in [0.1, 0.15) is 21.5 Å². The standard InChI is InChI=1S/C17H11FN2O/c18-15-5-4-12(9-19)14(8-15)10-20-7-6-16-13(11-21)2-1-3-17(16)20/h1-8,11H,10H2. The highest BCUT2D eigenvalue weighted by Gasteiger charge is 2.08. The molecule has 0 spiro atoms. The van der Waals surface area contributed by atoms with Crippen molar-refractivity contribution in [3.05, 3.63) is 71.2 Å². The van der Waals surface area contributed by atoms with Gasteiger partial charge in [-0.25, -0.2) is 4.39 Å². The van der Waals surface area contributed by atoms with E-state index < -0.39 is 0 Å². The minimum Gasteiger partial charge on any atom is -0.343 e. The van der Waals surface area contributed by atoms with Crippen LogP contribution in [0.4, 0.5) is 4.39 Å². The van der Waals surface area contributed by atoms with Crippen molar-refractivity contribution in [2.24, 2.45) is 0 Å². The second kappa shape index (κ2) is 5.22. The molecular weight excluding hydrogens is 267 g/mol. The summed E-state index contributed by atoms with van der Waals surface area (Å²) in [5.74, 6) is -0.367. The summed E-state index contributed by atoms with van der Waals surface area (Å²) in [5.41, 5.74) is 2.56. The molecule has 0 atom stereocenters. The summed E-state index contributed by atoms with van der Waals surface area (Å²) in [6.07, 6.45) is 2.65. The van der Waals surface area contributed by atoms with Crippen molar-refractivity contribution in [3.63, 3.8) is 0 Å². The quantitative estimate of drug-likeness (QED) is 0.688. The van der Waals surface area contributed by atoms with Crippen LogP contribution >= 0.6 is 0 Å². The van der Waals surface area contributed by atoms with Crippen LogP contribution in [0.3, 0.4) is 0 Å². The maximum atomic E-state index is 13.4. The summed E-state index contributed by atoms with van der Waals surface area (Å²) in [5, 5.41) is 9.95. The average molecular weight is 278 g/mol. The van der Waals surface area contributed by atoms with Gasteiger partial charge in [-0.3, -0.25) is 4.79 Å². The zero-order valence-corrected chi connectivity index (χ0v) is 11.1. The normalized spacial score (nSPS) is 10.5. The first-order valence-corrected chi connectivity index (χ1v) is 6.44. The second-order valence-corrected chi connectivity index (χ2v) is 4.75. The van der Waals surface area contributed by atoms with Crippen molar-refractivity contribution in [1.29, 1.82) is 5.26 Å². The largest absolute Gasteiger partial charge is 0.343 e. The van der Waals surface area contributed by atoms with E-state index in [-0.39, 0.29) is 5.82 Å². The van der Waals surface area contributed by atoms with Gasteiger partial charge in [0, 0.05) is 29.2 Å². The van der Waals surface area contributed by atoms with E-state index in [4.69, 9.17) is 5.26 Å². The van der Waals surface area contributed by atoms with Crippen molar-refractivity contribution in [2.75, 3.05) is 0 Å². The van der Waals surface area contributed by atoms with Gasteiger partial charge in [-0.15, -0.1) is 0 Å². The van der Waals surface area contributed by atoms with E-state index in [1.165, 1.54) is 18.2 Å². The first-order valence-electron chi connectivity index (χ1n) is 6.44. The Balaban J connectivity index is 2.09. The van der Waals surface area contributed by atoms with Gasteiger partial charge in [0.1, 0.15) is 5.82 Å². The van der Waals surface area contributed by atoms with Gasteiger partial charge in [-0.1, -0.05) is 12.1 Å². The van der Waals surface area contributed by atoms with E-state index in [1.54, 1.807) is 12.1 Å². The number of aromatic nitrogens is 1. The Morgan fingerprint density at radius 3 is 2.86 bits per heavy atom. The number of nitriles is 1. The Hall–Kier alpha value is -2.93. The fourth-order valence-electron chi connectivity index (χ4n) is 2.47. The number of rotatable bonds is 3. The molecule has 0 fully saturated rings. The molecule has 0 N–H and O–H groups in total. The van der Waals surface area contributed by atoms with Crippen LogP contribution < -0.4 is 0 Å². The first-order chi connectivity index (χ1) is 10.2. The molecule has 1 heterocycles. The van der Waals surface area contributed by atoms with Gasteiger partial charge in [-0.05, 0) is 35.9 Å². The lowest BCUT2D eigenvalue weighted by Gasteiger charge is -2.08. The average Bonchev–Trinajstić information content (AvgIpc) is 2.91. The third-order valence-corrected chi connectivity index (χ3v) is 3.50. The summed E-state index contributed by atoms with van der Waals surface area (Å²) in [6, 6.07) is 13.5. The Morgan fingerprint density at radius 1 is 1.24 bits per heavy atom. The number of nitrogens with zero attached hydrogens (tertiary/aromatic N) is 2. The summed E-state index contributed by atoms with van der Waals surface area (Å²) in [7, 11) is 0. The number of hydrogen-bond acceptors (Lipinski definition) is 2. The lowest BCUT2D eigenvalue weighted by molar-refractivity contribution is 0.112. The number of benzene rings is 2. The lowest BCUT2D eigenvalue weighted by atomic mass is 10.1. The molecule has 0 aliphatic carbocycles. The van der Waals surface area contributed by atoms with Gasteiger partial charge < -0.3 is 4.57 Å². The van der Waals surface area contributed by atoms with Gasteiger partial charge >= 0.3 is 0 Å². The number of carbonyl (C=O) groups excluding carboxylic acids is 1. The molecule has 4 heteroatoms. The SMILES string of the molecule is N#Cc1ccc(F)cc1Cn1ccc2c(C=O)cccc21. The number of halogens is 1. The van der Waals surface area contributed by atoms with Crippen molar-refractivity contribution in [2.45, 2.75) is 6.54 Å². The molecule has 3 aromatic rings. The highest BCUT2D eigenvalue weighted by Crippen LogP contribution is 2.21. The Morgan fingerprint density at radius 2 is 2.10 bits per heavy atom. The third kappa shape index (κ3) is 2.30. The highest BCUT2D eigenvalue weighted by atomic mass is 19.1. The molecule has 0 unspecified atom stereocenters. The van der Waals surface area contributed by atoms with Crippen molar-refractivity contribution in [3.8, 4) is 6.07 Å². The number of hydrogen-bond donors (Lipinski definition) is 0. The third-order valence-electron chi connectivity index (χ3n) is 3.50. The molecule has 0 bridgehead atoms. The molecule has 0 aliphatic rings. The van der Waals surface area contributed by atoms with Gasteiger partial charge in [0.25, 0.3) is 0 Å². The van der Waals surface area contributed by atoms with Crippen LogP contribution in [0, 0.1) is 17.1 Å².